The zero-order chi connectivity index (χ0) is 17.0. The van der Waals surface area contributed by atoms with Crippen LogP contribution in [0.4, 0.5) is 5.69 Å². The Bertz CT molecular complexity index is 613. The number of aliphatic carboxylic acids is 1. The molecule has 0 aliphatic carbocycles. The van der Waals surface area contributed by atoms with Gasteiger partial charge in [-0.15, -0.1) is 12.4 Å². The molecule has 1 aliphatic heterocycles. The third-order valence-electron chi connectivity index (χ3n) is 3.74. The van der Waals surface area contributed by atoms with E-state index in [1.807, 2.05) is 0 Å². The molecule has 0 saturated carbocycles. The molecule has 1 aliphatic rings. The van der Waals surface area contributed by atoms with E-state index >= 15 is 0 Å². The number of nitrogens with two attached hydrogens (primary N) is 1. The Hall–Kier alpha value is -1.21. The Balaban J connectivity index is 0.00000288. The first kappa shape index (κ1) is 20.8. The third-order valence-corrected chi connectivity index (χ3v) is 4.27. The lowest BCUT2D eigenvalue weighted by atomic mass is 9.92. The summed E-state index contributed by atoms with van der Waals surface area (Å²) in [6.45, 7) is 0.537. The number of rotatable bonds is 6. The maximum absolute atomic E-state index is 12.1. The lowest BCUT2D eigenvalue weighted by Gasteiger charge is -2.32. The number of carbonyl (C=O) groups excluding carboxylic acids is 1. The summed E-state index contributed by atoms with van der Waals surface area (Å²) < 4.78 is 0. The van der Waals surface area contributed by atoms with Crippen molar-refractivity contribution in [3.63, 3.8) is 0 Å². The summed E-state index contributed by atoms with van der Waals surface area (Å²) in [5.74, 6) is -1.14. The number of halogens is 3. The second-order valence-electron chi connectivity index (χ2n) is 5.49. The van der Waals surface area contributed by atoms with Crippen LogP contribution in [0.15, 0.2) is 12.1 Å². The van der Waals surface area contributed by atoms with Crippen molar-refractivity contribution in [3.05, 3.63) is 27.7 Å². The van der Waals surface area contributed by atoms with E-state index in [0.717, 1.165) is 6.42 Å². The van der Waals surface area contributed by atoms with Gasteiger partial charge in [-0.2, -0.15) is 0 Å². The average molecular weight is 397 g/mol. The van der Waals surface area contributed by atoms with Gasteiger partial charge in [0, 0.05) is 34.1 Å². The minimum absolute atomic E-state index is 0. The van der Waals surface area contributed by atoms with Crippen LogP contribution in [0.2, 0.25) is 10.0 Å². The maximum atomic E-state index is 12.1. The van der Waals surface area contributed by atoms with Gasteiger partial charge in [0.15, 0.2) is 0 Å². The summed E-state index contributed by atoms with van der Waals surface area (Å²) in [6, 6.07) is 1.91. The largest absolute Gasteiger partial charge is 0.480 e. The molecule has 1 heterocycles. The SMILES string of the molecule is Cl.NCCCCC(=O)N[C@@H]1C[C@@H](C(=O)O)Nc2cc(Cl)cc(Cl)c21. The van der Waals surface area contributed by atoms with Crippen molar-refractivity contribution in [2.75, 3.05) is 11.9 Å². The number of unbranched alkanes of at least 4 members (excludes halogenated alkanes) is 1. The summed E-state index contributed by atoms with van der Waals surface area (Å²) in [5, 5.41) is 15.8. The Morgan fingerprint density at radius 1 is 1.33 bits per heavy atom. The molecule has 0 bridgehead atoms. The van der Waals surface area contributed by atoms with Gasteiger partial charge in [0.25, 0.3) is 0 Å². The van der Waals surface area contributed by atoms with Crippen LogP contribution in [0, 0.1) is 0 Å². The molecule has 0 spiro atoms. The number of carboxylic acid groups (broad SMARTS) is 1. The summed E-state index contributed by atoms with van der Waals surface area (Å²) in [6.07, 6.45) is 2.02. The van der Waals surface area contributed by atoms with Gasteiger partial charge in [0.1, 0.15) is 6.04 Å². The van der Waals surface area contributed by atoms with Crippen LogP contribution < -0.4 is 16.4 Å². The number of carboxylic acids is 1. The van der Waals surface area contributed by atoms with Gasteiger partial charge < -0.3 is 21.5 Å². The molecule has 134 valence electrons. The number of hydrogen-bond acceptors (Lipinski definition) is 4. The molecular formula is C15H20Cl3N3O3. The van der Waals surface area contributed by atoms with Crippen molar-refractivity contribution >= 4 is 53.2 Å². The van der Waals surface area contributed by atoms with Crippen LogP contribution in [0.3, 0.4) is 0 Å². The molecule has 1 amide bonds. The van der Waals surface area contributed by atoms with E-state index in [2.05, 4.69) is 10.6 Å². The second-order valence-corrected chi connectivity index (χ2v) is 6.33. The van der Waals surface area contributed by atoms with Gasteiger partial charge in [0.2, 0.25) is 5.91 Å². The molecule has 0 saturated heterocycles. The number of benzene rings is 1. The standard InChI is InChI=1S/C15H19Cl2N3O3.ClH/c16-8-5-9(17)14-10(6-8)19-12(15(22)23)7-11(14)20-13(21)3-1-2-4-18;/h5-6,11-12,19H,1-4,7,18H2,(H,20,21)(H,22,23);1H/t11-,12+;/m1./s1. The summed E-state index contributed by atoms with van der Waals surface area (Å²) in [4.78, 5) is 23.4. The van der Waals surface area contributed by atoms with E-state index in [1.165, 1.54) is 0 Å². The fourth-order valence-electron chi connectivity index (χ4n) is 2.65. The third kappa shape index (κ3) is 5.14. The van der Waals surface area contributed by atoms with Crippen molar-refractivity contribution in [3.8, 4) is 0 Å². The molecule has 0 aromatic heterocycles. The molecule has 24 heavy (non-hydrogen) atoms. The predicted octanol–water partition coefficient (Wildman–Crippen LogP) is 2.97. The van der Waals surface area contributed by atoms with Crippen LogP contribution in [0.5, 0.6) is 0 Å². The zero-order valence-corrected chi connectivity index (χ0v) is 15.2. The lowest BCUT2D eigenvalue weighted by Crippen LogP contribution is -2.41. The predicted molar refractivity (Wildman–Crippen MR) is 97.2 cm³/mol. The molecule has 1 aromatic rings. The number of carbonyl (C=O) groups is 2. The quantitative estimate of drug-likeness (QED) is 0.553. The second kappa shape index (κ2) is 9.32. The van der Waals surface area contributed by atoms with Crippen LogP contribution in [-0.4, -0.2) is 29.6 Å². The molecular weight excluding hydrogens is 377 g/mol. The number of fused-ring (bicyclic) bond motifs is 1. The Morgan fingerprint density at radius 3 is 2.67 bits per heavy atom. The fraction of sp³-hybridized carbons (Fsp3) is 0.467. The lowest BCUT2D eigenvalue weighted by molar-refractivity contribution is -0.138. The molecule has 0 fully saturated rings. The van der Waals surface area contributed by atoms with E-state index < -0.39 is 18.1 Å². The zero-order valence-electron chi connectivity index (χ0n) is 12.9. The van der Waals surface area contributed by atoms with E-state index in [4.69, 9.17) is 28.9 Å². The number of nitrogens with one attached hydrogen (secondary N) is 2. The van der Waals surface area contributed by atoms with Gasteiger partial charge in [-0.1, -0.05) is 23.2 Å². The number of anilines is 1. The minimum atomic E-state index is -0.992. The molecule has 2 atom stereocenters. The molecule has 6 nitrogen and oxygen atoms in total. The first-order valence-electron chi connectivity index (χ1n) is 7.40. The van der Waals surface area contributed by atoms with Crippen molar-refractivity contribution in [1.82, 2.24) is 5.32 Å². The highest BCUT2D eigenvalue weighted by Crippen LogP contribution is 2.39. The summed E-state index contributed by atoms with van der Waals surface area (Å²) >= 11 is 12.2. The highest BCUT2D eigenvalue weighted by atomic mass is 35.5. The number of amides is 1. The fourth-order valence-corrected chi connectivity index (χ4v) is 3.27. The van der Waals surface area contributed by atoms with Crippen LogP contribution in [0.25, 0.3) is 0 Å². The monoisotopic (exact) mass is 395 g/mol. The van der Waals surface area contributed by atoms with Crippen molar-refractivity contribution in [1.29, 1.82) is 0 Å². The molecule has 2 rings (SSSR count). The molecule has 5 N–H and O–H groups in total. The van der Waals surface area contributed by atoms with Gasteiger partial charge in [0.05, 0.1) is 6.04 Å². The van der Waals surface area contributed by atoms with E-state index in [1.54, 1.807) is 12.1 Å². The van der Waals surface area contributed by atoms with Crippen molar-refractivity contribution in [2.24, 2.45) is 5.73 Å². The Labute approximate surface area is 156 Å². The van der Waals surface area contributed by atoms with Crippen LogP contribution >= 0.6 is 35.6 Å². The molecule has 0 unspecified atom stereocenters. The van der Waals surface area contributed by atoms with E-state index in [9.17, 15) is 14.7 Å². The molecule has 9 heteroatoms. The Kier molecular flexibility index (Phi) is 8.09. The smallest absolute Gasteiger partial charge is 0.326 e. The summed E-state index contributed by atoms with van der Waals surface area (Å²) in [5.41, 5.74) is 6.62. The van der Waals surface area contributed by atoms with Crippen LogP contribution in [0.1, 0.15) is 37.3 Å². The van der Waals surface area contributed by atoms with Crippen molar-refractivity contribution < 1.29 is 14.7 Å². The first-order chi connectivity index (χ1) is 10.9. The van der Waals surface area contributed by atoms with Gasteiger partial charge in [-0.25, -0.2) is 4.79 Å². The minimum Gasteiger partial charge on any atom is -0.480 e. The van der Waals surface area contributed by atoms with Crippen molar-refractivity contribution in [2.45, 2.75) is 37.8 Å². The normalized spacial score (nSPS) is 18.8. The van der Waals surface area contributed by atoms with Gasteiger partial charge in [-0.3, -0.25) is 4.79 Å². The average Bonchev–Trinajstić information content (AvgIpc) is 2.46. The highest BCUT2D eigenvalue weighted by molar-refractivity contribution is 6.35. The van der Waals surface area contributed by atoms with E-state index in [-0.39, 0.29) is 24.7 Å². The number of hydrogen-bond donors (Lipinski definition) is 4. The first-order valence-corrected chi connectivity index (χ1v) is 8.15. The maximum Gasteiger partial charge on any atom is 0.326 e. The summed E-state index contributed by atoms with van der Waals surface area (Å²) in [7, 11) is 0. The molecule has 0 radical (unpaired) electrons. The van der Waals surface area contributed by atoms with E-state index in [0.29, 0.717) is 40.7 Å². The van der Waals surface area contributed by atoms with Gasteiger partial charge >= 0.3 is 5.97 Å². The van der Waals surface area contributed by atoms with Gasteiger partial charge in [-0.05, 0) is 31.5 Å². The molecule has 1 aromatic carbocycles. The highest BCUT2D eigenvalue weighted by Gasteiger charge is 2.33. The van der Waals surface area contributed by atoms with Crippen LogP contribution in [-0.2, 0) is 9.59 Å². The topological polar surface area (TPSA) is 104 Å². The Morgan fingerprint density at radius 2 is 2.04 bits per heavy atom.